The maximum absolute atomic E-state index is 11.1. The largest absolute Gasteiger partial charge is 0.481 e. The topological polar surface area (TPSA) is 37.3 Å². The molecule has 0 amide bonds. The van der Waals surface area contributed by atoms with Crippen LogP contribution in [-0.2, 0) is 4.79 Å². The quantitative estimate of drug-likeness (QED) is 0.728. The minimum atomic E-state index is -0.536. The molecular formula is C11H18O2. The van der Waals surface area contributed by atoms with Crippen molar-refractivity contribution in [1.29, 1.82) is 0 Å². The van der Waals surface area contributed by atoms with Gasteiger partial charge in [-0.2, -0.15) is 0 Å². The van der Waals surface area contributed by atoms with E-state index in [0.717, 1.165) is 31.6 Å². The average molecular weight is 182 g/mol. The van der Waals surface area contributed by atoms with E-state index in [1.54, 1.807) is 0 Å². The highest BCUT2D eigenvalue weighted by Gasteiger charge is 2.45. The van der Waals surface area contributed by atoms with Crippen molar-refractivity contribution in [2.75, 3.05) is 0 Å². The monoisotopic (exact) mass is 182 g/mol. The van der Waals surface area contributed by atoms with Crippen LogP contribution in [0.15, 0.2) is 0 Å². The second kappa shape index (κ2) is 3.32. The summed E-state index contributed by atoms with van der Waals surface area (Å²) >= 11 is 0. The van der Waals surface area contributed by atoms with Crippen LogP contribution in [0.4, 0.5) is 0 Å². The molecular weight excluding hydrogens is 164 g/mol. The van der Waals surface area contributed by atoms with Crippen molar-refractivity contribution in [2.45, 2.75) is 51.4 Å². The minimum Gasteiger partial charge on any atom is -0.481 e. The van der Waals surface area contributed by atoms with Gasteiger partial charge in [-0.25, -0.2) is 0 Å². The van der Waals surface area contributed by atoms with Gasteiger partial charge in [-0.3, -0.25) is 4.79 Å². The fourth-order valence-corrected chi connectivity index (χ4v) is 2.88. The van der Waals surface area contributed by atoms with E-state index in [4.69, 9.17) is 5.11 Å². The molecule has 2 saturated carbocycles. The van der Waals surface area contributed by atoms with Gasteiger partial charge in [-0.15, -0.1) is 0 Å². The standard InChI is InChI=1S/C11H18O2/c12-10(13)11(6-3-7-11)8-9-4-1-2-5-9/h9H,1-8H2,(H,12,13). The maximum Gasteiger partial charge on any atom is 0.309 e. The lowest BCUT2D eigenvalue weighted by Gasteiger charge is -2.39. The third-order valence-corrected chi connectivity index (χ3v) is 3.92. The van der Waals surface area contributed by atoms with Crippen LogP contribution in [0.5, 0.6) is 0 Å². The fourth-order valence-electron chi connectivity index (χ4n) is 2.88. The van der Waals surface area contributed by atoms with Crippen LogP contribution in [-0.4, -0.2) is 11.1 Å². The second-order valence-corrected chi connectivity index (χ2v) is 4.79. The first-order valence-corrected chi connectivity index (χ1v) is 5.46. The van der Waals surface area contributed by atoms with E-state index < -0.39 is 5.97 Å². The van der Waals surface area contributed by atoms with Crippen molar-refractivity contribution < 1.29 is 9.90 Å². The van der Waals surface area contributed by atoms with Gasteiger partial charge in [0.05, 0.1) is 5.41 Å². The van der Waals surface area contributed by atoms with Gasteiger partial charge in [0, 0.05) is 0 Å². The Morgan fingerprint density at radius 3 is 2.23 bits per heavy atom. The number of aliphatic carboxylic acids is 1. The molecule has 2 heteroatoms. The Morgan fingerprint density at radius 2 is 1.85 bits per heavy atom. The average Bonchev–Trinajstić information content (AvgIpc) is 2.47. The van der Waals surface area contributed by atoms with Gasteiger partial charge >= 0.3 is 5.97 Å². The maximum atomic E-state index is 11.1. The van der Waals surface area contributed by atoms with Crippen LogP contribution in [0.3, 0.4) is 0 Å². The van der Waals surface area contributed by atoms with Gasteiger partial charge in [0.15, 0.2) is 0 Å². The van der Waals surface area contributed by atoms with Gasteiger partial charge in [0.2, 0.25) is 0 Å². The molecule has 0 bridgehead atoms. The molecule has 2 nitrogen and oxygen atoms in total. The number of carboxylic acids is 1. The van der Waals surface area contributed by atoms with Crippen LogP contribution in [0, 0.1) is 11.3 Å². The van der Waals surface area contributed by atoms with Crippen LogP contribution >= 0.6 is 0 Å². The smallest absolute Gasteiger partial charge is 0.309 e. The molecule has 0 aromatic rings. The Morgan fingerprint density at radius 1 is 1.23 bits per heavy atom. The lowest BCUT2D eigenvalue weighted by Crippen LogP contribution is -2.39. The molecule has 2 aliphatic carbocycles. The van der Waals surface area contributed by atoms with Crippen LogP contribution in [0.1, 0.15) is 51.4 Å². The van der Waals surface area contributed by atoms with Crippen LogP contribution in [0.25, 0.3) is 0 Å². The number of hydrogen-bond acceptors (Lipinski definition) is 1. The zero-order valence-electron chi connectivity index (χ0n) is 8.09. The predicted molar refractivity (Wildman–Crippen MR) is 50.5 cm³/mol. The molecule has 0 saturated heterocycles. The fraction of sp³-hybridized carbons (Fsp3) is 0.909. The first-order chi connectivity index (χ1) is 6.23. The first kappa shape index (κ1) is 9.04. The summed E-state index contributed by atoms with van der Waals surface area (Å²) in [6.45, 7) is 0. The number of carbonyl (C=O) groups is 1. The molecule has 13 heavy (non-hydrogen) atoms. The van der Waals surface area contributed by atoms with Crippen molar-refractivity contribution in [1.82, 2.24) is 0 Å². The van der Waals surface area contributed by atoms with Crippen molar-refractivity contribution in [3.05, 3.63) is 0 Å². The summed E-state index contributed by atoms with van der Waals surface area (Å²) in [6, 6.07) is 0. The molecule has 1 N–H and O–H groups in total. The Bertz CT molecular complexity index is 200. The molecule has 0 aliphatic heterocycles. The molecule has 0 radical (unpaired) electrons. The zero-order chi connectivity index (χ0) is 9.31. The molecule has 0 spiro atoms. The van der Waals surface area contributed by atoms with E-state index >= 15 is 0 Å². The summed E-state index contributed by atoms with van der Waals surface area (Å²) < 4.78 is 0. The van der Waals surface area contributed by atoms with Crippen LogP contribution in [0.2, 0.25) is 0 Å². The van der Waals surface area contributed by atoms with Gasteiger partial charge in [0.25, 0.3) is 0 Å². The van der Waals surface area contributed by atoms with Crippen molar-refractivity contribution in [3.8, 4) is 0 Å². The summed E-state index contributed by atoms with van der Waals surface area (Å²) in [5.41, 5.74) is -0.297. The molecule has 74 valence electrons. The lowest BCUT2D eigenvalue weighted by atomic mass is 9.64. The van der Waals surface area contributed by atoms with Gasteiger partial charge in [-0.05, 0) is 25.2 Å². The van der Waals surface area contributed by atoms with Gasteiger partial charge in [0.1, 0.15) is 0 Å². The van der Waals surface area contributed by atoms with Crippen molar-refractivity contribution >= 4 is 5.97 Å². The van der Waals surface area contributed by atoms with E-state index in [0.29, 0.717) is 0 Å². The second-order valence-electron chi connectivity index (χ2n) is 4.79. The molecule has 0 unspecified atom stereocenters. The van der Waals surface area contributed by atoms with E-state index in [9.17, 15) is 4.79 Å². The van der Waals surface area contributed by atoms with Crippen molar-refractivity contribution in [3.63, 3.8) is 0 Å². The van der Waals surface area contributed by atoms with E-state index in [1.165, 1.54) is 25.7 Å². The summed E-state index contributed by atoms with van der Waals surface area (Å²) in [4.78, 5) is 11.1. The third kappa shape index (κ3) is 1.59. The molecule has 0 aromatic carbocycles. The normalized spacial score (nSPS) is 27.1. The minimum absolute atomic E-state index is 0.297. The summed E-state index contributed by atoms with van der Waals surface area (Å²) in [5, 5.41) is 9.14. The molecule has 0 aromatic heterocycles. The molecule has 0 heterocycles. The van der Waals surface area contributed by atoms with Gasteiger partial charge in [-0.1, -0.05) is 32.1 Å². The van der Waals surface area contributed by atoms with E-state index in [2.05, 4.69) is 0 Å². The summed E-state index contributed by atoms with van der Waals surface area (Å²) in [5.74, 6) is 0.182. The summed E-state index contributed by atoms with van der Waals surface area (Å²) in [7, 11) is 0. The van der Waals surface area contributed by atoms with E-state index in [1.807, 2.05) is 0 Å². The Kier molecular flexibility index (Phi) is 2.31. The number of hydrogen-bond donors (Lipinski definition) is 1. The summed E-state index contributed by atoms with van der Waals surface area (Å²) in [6.07, 6.45) is 9.13. The first-order valence-electron chi connectivity index (χ1n) is 5.46. The lowest BCUT2D eigenvalue weighted by molar-refractivity contribution is -0.156. The highest BCUT2D eigenvalue weighted by Crippen LogP contribution is 2.48. The van der Waals surface area contributed by atoms with Crippen molar-refractivity contribution in [2.24, 2.45) is 11.3 Å². The highest BCUT2D eigenvalue weighted by molar-refractivity contribution is 5.75. The molecule has 2 fully saturated rings. The van der Waals surface area contributed by atoms with Crippen LogP contribution < -0.4 is 0 Å². The predicted octanol–water partition coefficient (Wildman–Crippen LogP) is 2.82. The number of carboxylic acid groups (broad SMARTS) is 1. The SMILES string of the molecule is O=C(O)C1(CC2CCCC2)CCC1. The Balaban J connectivity index is 1.93. The zero-order valence-corrected chi connectivity index (χ0v) is 8.09. The number of rotatable bonds is 3. The highest BCUT2D eigenvalue weighted by atomic mass is 16.4. The van der Waals surface area contributed by atoms with Gasteiger partial charge < -0.3 is 5.11 Å². The molecule has 2 aliphatic rings. The molecule has 2 rings (SSSR count). The Labute approximate surface area is 79.3 Å². The third-order valence-electron chi connectivity index (χ3n) is 3.92. The van der Waals surface area contributed by atoms with E-state index in [-0.39, 0.29) is 5.41 Å². The Hall–Kier alpha value is -0.530. The molecule has 0 atom stereocenters.